The number of hydrogen-bond acceptors (Lipinski definition) is 7. The SMILES string of the molecule is COc1ccc(CC(=O)N[C@@H](CCCCN)C(=O)N[C@@H](CCSC)B(O)O)cc1. The summed E-state index contributed by atoms with van der Waals surface area (Å²) in [5, 5.41) is 24.5. The highest BCUT2D eigenvalue weighted by Crippen LogP contribution is 2.12. The van der Waals surface area contributed by atoms with Gasteiger partial charge in [0.1, 0.15) is 11.8 Å². The number of methoxy groups -OCH3 is 1. The van der Waals surface area contributed by atoms with Crippen LogP contribution in [0, 0.1) is 0 Å². The van der Waals surface area contributed by atoms with Gasteiger partial charge in [-0.15, -0.1) is 0 Å². The average Bonchev–Trinajstić information content (AvgIpc) is 2.70. The smallest absolute Gasteiger partial charge is 0.475 e. The van der Waals surface area contributed by atoms with Gasteiger partial charge >= 0.3 is 7.12 Å². The predicted octanol–water partition coefficient (Wildman–Crippen LogP) is 0.101. The van der Waals surface area contributed by atoms with Gasteiger partial charge in [-0.05, 0) is 61.9 Å². The molecule has 2 atom stereocenters. The highest BCUT2D eigenvalue weighted by Gasteiger charge is 2.28. The Morgan fingerprint density at radius 2 is 1.86 bits per heavy atom. The molecule has 0 aliphatic rings. The molecular formula is C19H32BN3O5S. The second kappa shape index (κ2) is 14.3. The molecule has 1 aromatic rings. The van der Waals surface area contributed by atoms with Crippen LogP contribution in [0.5, 0.6) is 5.75 Å². The van der Waals surface area contributed by atoms with Crippen molar-refractivity contribution in [3.05, 3.63) is 29.8 Å². The Morgan fingerprint density at radius 3 is 2.41 bits per heavy atom. The van der Waals surface area contributed by atoms with E-state index in [1.54, 1.807) is 43.1 Å². The maximum absolute atomic E-state index is 12.7. The van der Waals surface area contributed by atoms with Crippen LogP contribution < -0.4 is 21.1 Å². The highest BCUT2D eigenvalue weighted by molar-refractivity contribution is 7.98. The molecular weight excluding hydrogens is 393 g/mol. The van der Waals surface area contributed by atoms with E-state index in [1.165, 1.54) is 0 Å². The lowest BCUT2D eigenvalue weighted by Gasteiger charge is -2.23. The van der Waals surface area contributed by atoms with E-state index in [0.717, 1.165) is 12.0 Å². The number of unbranched alkanes of at least 4 members (excludes halogenated alkanes) is 1. The zero-order valence-electron chi connectivity index (χ0n) is 17.1. The minimum atomic E-state index is -1.66. The summed E-state index contributed by atoms with van der Waals surface area (Å²) < 4.78 is 5.10. The lowest BCUT2D eigenvalue weighted by atomic mass is 9.77. The topological polar surface area (TPSA) is 134 Å². The molecule has 0 saturated carbocycles. The van der Waals surface area contributed by atoms with Gasteiger partial charge in [0, 0.05) is 0 Å². The highest BCUT2D eigenvalue weighted by atomic mass is 32.2. The maximum Gasteiger partial charge on any atom is 0.475 e. The molecule has 29 heavy (non-hydrogen) atoms. The van der Waals surface area contributed by atoms with Gasteiger partial charge in [-0.1, -0.05) is 12.1 Å². The Balaban J connectivity index is 2.73. The quantitative estimate of drug-likeness (QED) is 0.211. The van der Waals surface area contributed by atoms with Crippen molar-refractivity contribution >= 4 is 30.7 Å². The van der Waals surface area contributed by atoms with E-state index in [4.69, 9.17) is 10.5 Å². The fourth-order valence-electron chi connectivity index (χ4n) is 2.76. The van der Waals surface area contributed by atoms with Crippen molar-refractivity contribution in [2.24, 2.45) is 5.73 Å². The van der Waals surface area contributed by atoms with E-state index >= 15 is 0 Å². The van der Waals surface area contributed by atoms with Crippen molar-refractivity contribution < 1.29 is 24.4 Å². The van der Waals surface area contributed by atoms with E-state index in [0.29, 0.717) is 37.3 Å². The zero-order chi connectivity index (χ0) is 21.6. The van der Waals surface area contributed by atoms with Crippen LogP contribution in [-0.2, 0) is 16.0 Å². The Bertz CT molecular complexity index is 618. The first-order chi connectivity index (χ1) is 13.9. The van der Waals surface area contributed by atoms with Gasteiger partial charge in [0.2, 0.25) is 11.8 Å². The number of nitrogens with one attached hydrogen (secondary N) is 2. The summed E-state index contributed by atoms with van der Waals surface area (Å²) >= 11 is 1.55. The third-order valence-electron chi connectivity index (χ3n) is 4.44. The molecule has 0 bridgehead atoms. The van der Waals surface area contributed by atoms with Gasteiger partial charge in [0.15, 0.2) is 0 Å². The third kappa shape index (κ3) is 10.0. The van der Waals surface area contributed by atoms with Gasteiger partial charge < -0.3 is 31.2 Å². The van der Waals surface area contributed by atoms with Crippen molar-refractivity contribution in [1.82, 2.24) is 10.6 Å². The molecule has 162 valence electrons. The van der Waals surface area contributed by atoms with Crippen molar-refractivity contribution in [1.29, 1.82) is 0 Å². The number of amides is 2. The van der Waals surface area contributed by atoms with Crippen LogP contribution in [0.2, 0.25) is 0 Å². The first-order valence-corrected chi connectivity index (χ1v) is 11.1. The number of carbonyl (C=O) groups is 2. The second-order valence-corrected chi connectivity index (χ2v) is 7.73. The van der Waals surface area contributed by atoms with E-state index in [2.05, 4.69) is 10.6 Å². The Kier molecular flexibility index (Phi) is 12.4. The van der Waals surface area contributed by atoms with Crippen molar-refractivity contribution in [3.8, 4) is 5.75 Å². The average molecular weight is 425 g/mol. The number of carbonyl (C=O) groups excluding carboxylic acids is 2. The molecule has 0 unspecified atom stereocenters. The van der Waals surface area contributed by atoms with Crippen LogP contribution in [0.25, 0.3) is 0 Å². The molecule has 0 aliphatic carbocycles. The molecule has 0 aliphatic heterocycles. The fourth-order valence-corrected chi connectivity index (χ4v) is 3.25. The van der Waals surface area contributed by atoms with Crippen LogP contribution in [0.1, 0.15) is 31.2 Å². The lowest BCUT2D eigenvalue weighted by molar-refractivity contribution is -0.129. The largest absolute Gasteiger partial charge is 0.497 e. The molecule has 1 rings (SSSR count). The predicted molar refractivity (Wildman–Crippen MR) is 117 cm³/mol. The molecule has 10 heteroatoms. The van der Waals surface area contributed by atoms with E-state index in [1.807, 2.05) is 6.26 Å². The molecule has 0 radical (unpaired) electrons. The molecule has 0 fully saturated rings. The maximum atomic E-state index is 12.7. The first kappa shape index (κ1) is 25.3. The number of benzene rings is 1. The van der Waals surface area contributed by atoms with Crippen molar-refractivity contribution in [3.63, 3.8) is 0 Å². The Labute approximate surface area is 177 Å². The van der Waals surface area contributed by atoms with Crippen LogP contribution in [-0.4, -0.2) is 66.6 Å². The van der Waals surface area contributed by atoms with Gasteiger partial charge in [0.25, 0.3) is 0 Å². The standard InChI is InChI=1S/C19H32BN3O5S/c1-28-15-8-6-14(7-9-15)13-18(24)22-16(5-3-4-11-21)19(25)23-17(20(26)27)10-12-29-2/h6-9,16-17,26-27H,3-5,10-13,21H2,1-2H3,(H,22,24)(H,23,25)/t16-,17-/m0/s1. The number of ether oxygens (including phenoxy) is 1. The molecule has 0 heterocycles. The number of nitrogens with two attached hydrogens (primary N) is 1. The molecule has 8 nitrogen and oxygen atoms in total. The first-order valence-electron chi connectivity index (χ1n) is 9.69. The molecule has 0 saturated heterocycles. The Morgan fingerprint density at radius 1 is 1.17 bits per heavy atom. The lowest BCUT2D eigenvalue weighted by Crippen LogP contribution is -2.54. The summed E-state index contributed by atoms with van der Waals surface area (Å²) in [7, 11) is -0.0898. The molecule has 1 aromatic carbocycles. The van der Waals surface area contributed by atoms with Gasteiger partial charge in [-0.25, -0.2) is 0 Å². The summed E-state index contributed by atoms with van der Waals surface area (Å²) in [6, 6.07) is 6.37. The zero-order valence-corrected chi connectivity index (χ0v) is 17.9. The molecule has 0 spiro atoms. The summed E-state index contributed by atoms with van der Waals surface area (Å²) in [6.07, 6.45) is 4.28. The van der Waals surface area contributed by atoms with Gasteiger partial charge in [-0.3, -0.25) is 9.59 Å². The molecule has 2 amide bonds. The van der Waals surface area contributed by atoms with E-state index in [-0.39, 0.29) is 12.3 Å². The minimum Gasteiger partial charge on any atom is -0.497 e. The normalized spacial score (nSPS) is 12.7. The van der Waals surface area contributed by atoms with Crippen molar-refractivity contribution in [2.75, 3.05) is 25.7 Å². The Hall–Kier alpha value is -1.75. The van der Waals surface area contributed by atoms with Gasteiger partial charge in [-0.2, -0.15) is 11.8 Å². The van der Waals surface area contributed by atoms with E-state index in [9.17, 15) is 19.6 Å². The molecule has 6 N–H and O–H groups in total. The molecule has 0 aromatic heterocycles. The van der Waals surface area contributed by atoms with Crippen LogP contribution in [0.3, 0.4) is 0 Å². The third-order valence-corrected chi connectivity index (χ3v) is 5.09. The summed E-state index contributed by atoms with van der Waals surface area (Å²) in [4.78, 5) is 25.1. The fraction of sp³-hybridized carbons (Fsp3) is 0.579. The van der Waals surface area contributed by atoms with Crippen LogP contribution in [0.4, 0.5) is 0 Å². The second-order valence-electron chi connectivity index (χ2n) is 6.74. The van der Waals surface area contributed by atoms with Crippen molar-refractivity contribution in [2.45, 2.75) is 44.1 Å². The summed E-state index contributed by atoms with van der Waals surface area (Å²) in [6.45, 7) is 0.500. The summed E-state index contributed by atoms with van der Waals surface area (Å²) in [5.74, 6) is -0.125. The van der Waals surface area contributed by atoms with E-state index < -0.39 is 25.0 Å². The minimum absolute atomic E-state index is 0.128. The van der Waals surface area contributed by atoms with Gasteiger partial charge in [0.05, 0.1) is 19.5 Å². The number of thioether (sulfide) groups is 1. The monoisotopic (exact) mass is 425 g/mol. The number of rotatable bonds is 14. The van der Waals surface area contributed by atoms with Crippen LogP contribution >= 0.6 is 11.8 Å². The van der Waals surface area contributed by atoms with Crippen LogP contribution in [0.15, 0.2) is 24.3 Å². The summed E-state index contributed by atoms with van der Waals surface area (Å²) in [5.41, 5.74) is 6.33. The number of hydrogen-bond donors (Lipinski definition) is 5.